The first kappa shape index (κ1) is 18.2. The van der Waals surface area contributed by atoms with Crippen molar-refractivity contribution in [1.29, 1.82) is 0 Å². The van der Waals surface area contributed by atoms with E-state index in [9.17, 15) is 9.59 Å². The highest BCUT2D eigenvalue weighted by atomic mass is 16.5. The Kier molecular flexibility index (Phi) is 8.59. The van der Waals surface area contributed by atoms with Crippen LogP contribution in [0.15, 0.2) is 60.7 Å². The highest BCUT2D eigenvalue weighted by molar-refractivity contribution is 5.67. The fourth-order valence-electron chi connectivity index (χ4n) is 1.67. The van der Waals surface area contributed by atoms with Gasteiger partial charge in [-0.15, -0.1) is 0 Å². The third-order valence-electron chi connectivity index (χ3n) is 2.75. The van der Waals surface area contributed by atoms with Gasteiger partial charge < -0.3 is 14.9 Å². The van der Waals surface area contributed by atoms with Gasteiger partial charge in [-0.25, -0.2) is 0 Å². The second kappa shape index (κ2) is 10.8. The number of ether oxygens (including phenoxy) is 1. The summed E-state index contributed by atoms with van der Waals surface area (Å²) in [6.45, 7) is 0. The van der Waals surface area contributed by atoms with Crippen LogP contribution in [0.1, 0.15) is 25.7 Å². The number of unbranched alkanes of at least 4 members (excludes halogenated alkanes) is 1. The molecule has 5 nitrogen and oxygen atoms in total. The summed E-state index contributed by atoms with van der Waals surface area (Å²) < 4.78 is 5.58. The molecule has 0 unspecified atom stereocenters. The molecule has 0 saturated heterocycles. The standard InChI is InChI=1S/C12H10O.C6H10O4/c1-3-7-11(8-4-1)13-12-9-5-2-6-10-12;7-5(8)3-1-2-4-6(9)10/h1-10H;1-4H2,(H,7,8)(H,9,10). The zero-order valence-electron chi connectivity index (χ0n) is 12.7. The first-order chi connectivity index (χ1) is 11.1. The van der Waals surface area contributed by atoms with Crippen LogP contribution >= 0.6 is 0 Å². The van der Waals surface area contributed by atoms with Crippen LogP contribution in [0.4, 0.5) is 0 Å². The minimum absolute atomic E-state index is 0.0628. The number of para-hydroxylation sites is 2. The van der Waals surface area contributed by atoms with Crippen molar-refractivity contribution >= 4 is 11.9 Å². The molecular weight excluding hydrogens is 296 g/mol. The summed E-state index contributed by atoms with van der Waals surface area (Å²) >= 11 is 0. The van der Waals surface area contributed by atoms with Gasteiger partial charge in [0.2, 0.25) is 0 Å². The molecule has 2 aromatic rings. The number of rotatable bonds is 7. The van der Waals surface area contributed by atoms with Gasteiger partial charge in [0.15, 0.2) is 0 Å². The van der Waals surface area contributed by atoms with E-state index in [1.807, 2.05) is 60.7 Å². The topological polar surface area (TPSA) is 83.8 Å². The molecule has 0 aliphatic carbocycles. The van der Waals surface area contributed by atoms with Crippen LogP contribution in [0, 0.1) is 0 Å². The molecule has 23 heavy (non-hydrogen) atoms. The molecule has 0 radical (unpaired) electrons. The zero-order chi connectivity index (χ0) is 16.9. The van der Waals surface area contributed by atoms with E-state index in [2.05, 4.69) is 0 Å². The minimum Gasteiger partial charge on any atom is -0.481 e. The fraction of sp³-hybridized carbons (Fsp3) is 0.222. The second-order valence-electron chi connectivity index (χ2n) is 4.72. The molecule has 0 saturated carbocycles. The summed E-state index contributed by atoms with van der Waals surface area (Å²) in [5, 5.41) is 16.3. The quantitative estimate of drug-likeness (QED) is 0.748. The number of benzene rings is 2. The molecule has 2 N–H and O–H groups in total. The number of carboxylic acids is 2. The van der Waals surface area contributed by atoms with Crippen molar-refractivity contribution in [1.82, 2.24) is 0 Å². The van der Waals surface area contributed by atoms with E-state index in [0.717, 1.165) is 11.5 Å². The van der Waals surface area contributed by atoms with Gasteiger partial charge in [0.25, 0.3) is 0 Å². The van der Waals surface area contributed by atoms with E-state index in [1.165, 1.54) is 0 Å². The van der Waals surface area contributed by atoms with Crippen molar-refractivity contribution in [3.8, 4) is 11.5 Å². The summed E-state index contributed by atoms with van der Waals surface area (Å²) in [6, 6.07) is 19.5. The summed E-state index contributed by atoms with van der Waals surface area (Å²) in [4.78, 5) is 19.8. The maximum Gasteiger partial charge on any atom is 0.303 e. The minimum atomic E-state index is -0.870. The first-order valence-corrected chi connectivity index (χ1v) is 7.29. The van der Waals surface area contributed by atoms with Crippen LogP contribution in [0.25, 0.3) is 0 Å². The normalized spacial score (nSPS) is 9.39. The Balaban J connectivity index is 0.000000241. The number of carboxylic acid groups (broad SMARTS) is 2. The van der Waals surface area contributed by atoms with Crippen molar-refractivity contribution in [2.75, 3.05) is 0 Å². The van der Waals surface area contributed by atoms with Gasteiger partial charge in [-0.1, -0.05) is 36.4 Å². The Bertz CT molecular complexity index is 527. The van der Waals surface area contributed by atoms with Gasteiger partial charge >= 0.3 is 11.9 Å². The lowest BCUT2D eigenvalue weighted by Gasteiger charge is -2.03. The largest absolute Gasteiger partial charge is 0.481 e. The van der Waals surface area contributed by atoms with Crippen LogP contribution in [-0.2, 0) is 9.59 Å². The van der Waals surface area contributed by atoms with Gasteiger partial charge in [0.1, 0.15) is 11.5 Å². The van der Waals surface area contributed by atoms with Crippen LogP contribution in [-0.4, -0.2) is 22.2 Å². The van der Waals surface area contributed by atoms with Crippen molar-refractivity contribution in [2.24, 2.45) is 0 Å². The van der Waals surface area contributed by atoms with E-state index in [1.54, 1.807) is 0 Å². The highest BCUT2D eigenvalue weighted by Gasteiger charge is 1.99. The van der Waals surface area contributed by atoms with Gasteiger partial charge in [-0.3, -0.25) is 9.59 Å². The second-order valence-corrected chi connectivity index (χ2v) is 4.72. The van der Waals surface area contributed by atoms with Crippen molar-refractivity contribution in [3.05, 3.63) is 60.7 Å². The molecule has 0 fully saturated rings. The Morgan fingerprint density at radius 2 is 1.04 bits per heavy atom. The Labute approximate surface area is 135 Å². The average molecular weight is 316 g/mol. The summed E-state index contributed by atoms with van der Waals surface area (Å²) in [5.74, 6) is -0.00169. The van der Waals surface area contributed by atoms with E-state index in [-0.39, 0.29) is 12.8 Å². The molecule has 0 atom stereocenters. The highest BCUT2D eigenvalue weighted by Crippen LogP contribution is 2.19. The molecule has 0 heterocycles. The molecule has 2 aromatic carbocycles. The van der Waals surface area contributed by atoms with E-state index >= 15 is 0 Å². The zero-order valence-corrected chi connectivity index (χ0v) is 12.7. The number of hydrogen-bond acceptors (Lipinski definition) is 3. The summed E-state index contributed by atoms with van der Waals surface area (Å²) in [6.07, 6.45) is 1.02. The molecular formula is C18H20O5. The van der Waals surface area contributed by atoms with Gasteiger partial charge in [0.05, 0.1) is 0 Å². The molecule has 122 valence electrons. The third kappa shape index (κ3) is 9.68. The fourth-order valence-corrected chi connectivity index (χ4v) is 1.67. The Hall–Kier alpha value is -2.82. The van der Waals surface area contributed by atoms with Gasteiger partial charge in [-0.05, 0) is 37.1 Å². The molecule has 0 aromatic heterocycles. The molecule has 0 aliphatic rings. The van der Waals surface area contributed by atoms with E-state index < -0.39 is 11.9 Å². The monoisotopic (exact) mass is 316 g/mol. The van der Waals surface area contributed by atoms with Gasteiger partial charge in [0, 0.05) is 12.8 Å². The lowest BCUT2D eigenvalue weighted by Crippen LogP contribution is -1.97. The molecule has 0 bridgehead atoms. The summed E-state index contributed by atoms with van der Waals surface area (Å²) in [5.41, 5.74) is 0. The van der Waals surface area contributed by atoms with Crippen LogP contribution in [0.2, 0.25) is 0 Å². The number of carbonyl (C=O) groups is 2. The Morgan fingerprint density at radius 1 is 0.696 bits per heavy atom. The molecule has 5 heteroatoms. The SMILES string of the molecule is O=C(O)CCCCC(=O)O.c1ccc(Oc2ccccc2)cc1. The Morgan fingerprint density at radius 3 is 1.35 bits per heavy atom. The maximum absolute atomic E-state index is 9.90. The molecule has 2 rings (SSSR count). The van der Waals surface area contributed by atoms with E-state index in [0.29, 0.717) is 12.8 Å². The molecule has 0 aliphatic heterocycles. The number of hydrogen-bond donors (Lipinski definition) is 2. The van der Waals surface area contributed by atoms with Crippen LogP contribution in [0.5, 0.6) is 11.5 Å². The molecule has 0 amide bonds. The number of aliphatic carboxylic acids is 2. The first-order valence-electron chi connectivity index (χ1n) is 7.29. The summed E-state index contributed by atoms with van der Waals surface area (Å²) in [7, 11) is 0. The lowest BCUT2D eigenvalue weighted by molar-refractivity contribution is -0.139. The third-order valence-corrected chi connectivity index (χ3v) is 2.75. The van der Waals surface area contributed by atoms with Crippen molar-refractivity contribution in [3.63, 3.8) is 0 Å². The van der Waals surface area contributed by atoms with Crippen LogP contribution < -0.4 is 4.74 Å². The predicted molar refractivity (Wildman–Crippen MR) is 86.7 cm³/mol. The van der Waals surface area contributed by atoms with Crippen LogP contribution in [0.3, 0.4) is 0 Å². The lowest BCUT2D eigenvalue weighted by atomic mass is 10.2. The average Bonchev–Trinajstić information content (AvgIpc) is 2.54. The molecule has 0 spiro atoms. The van der Waals surface area contributed by atoms with Gasteiger partial charge in [-0.2, -0.15) is 0 Å². The smallest absolute Gasteiger partial charge is 0.303 e. The van der Waals surface area contributed by atoms with Crippen molar-refractivity contribution < 1.29 is 24.5 Å². The van der Waals surface area contributed by atoms with Crippen molar-refractivity contribution in [2.45, 2.75) is 25.7 Å². The predicted octanol–water partition coefficient (Wildman–Crippen LogP) is 4.19. The van der Waals surface area contributed by atoms with E-state index in [4.69, 9.17) is 14.9 Å². The maximum atomic E-state index is 9.90.